The van der Waals surface area contributed by atoms with E-state index in [-0.39, 0.29) is 12.0 Å². The van der Waals surface area contributed by atoms with Crippen LogP contribution in [0.4, 0.5) is 5.69 Å². The van der Waals surface area contributed by atoms with Gasteiger partial charge in [-0.05, 0) is 44.2 Å². The molecule has 142 valence electrons. The Bertz CT molecular complexity index is 978. The first-order chi connectivity index (χ1) is 13.1. The van der Waals surface area contributed by atoms with E-state index in [4.69, 9.17) is 14.8 Å². The lowest BCUT2D eigenvalue weighted by atomic mass is 10.0. The molecule has 3 atom stereocenters. The van der Waals surface area contributed by atoms with E-state index in [0.717, 1.165) is 54.1 Å². The summed E-state index contributed by atoms with van der Waals surface area (Å²) in [6.45, 7) is 9.20. The SMILES string of the molecule is Cc1nc(C2CCOC2c2nc3c(C)cc(N4CCC(C)C4)cn3n2)n[nH]1. The van der Waals surface area contributed by atoms with Crippen molar-refractivity contribution in [3.05, 3.63) is 35.3 Å². The number of aromatic nitrogens is 6. The molecule has 5 heterocycles. The zero-order valence-electron chi connectivity index (χ0n) is 16.0. The summed E-state index contributed by atoms with van der Waals surface area (Å²) in [5.74, 6) is 3.16. The molecule has 1 N–H and O–H groups in total. The van der Waals surface area contributed by atoms with Gasteiger partial charge in [0, 0.05) is 19.7 Å². The van der Waals surface area contributed by atoms with E-state index in [9.17, 15) is 0 Å². The van der Waals surface area contributed by atoms with E-state index < -0.39 is 0 Å². The van der Waals surface area contributed by atoms with Crippen molar-refractivity contribution in [3.8, 4) is 0 Å². The van der Waals surface area contributed by atoms with Crippen LogP contribution in [0.25, 0.3) is 5.65 Å². The molecule has 8 heteroatoms. The Kier molecular flexibility index (Phi) is 3.89. The van der Waals surface area contributed by atoms with Crippen LogP contribution in [0.2, 0.25) is 0 Å². The third-order valence-electron chi connectivity index (χ3n) is 5.70. The first-order valence-electron chi connectivity index (χ1n) is 9.71. The monoisotopic (exact) mass is 367 g/mol. The van der Waals surface area contributed by atoms with Crippen molar-refractivity contribution in [1.82, 2.24) is 29.8 Å². The minimum absolute atomic E-state index is 0.0894. The molecule has 3 aromatic heterocycles. The Morgan fingerprint density at radius 2 is 2.07 bits per heavy atom. The van der Waals surface area contributed by atoms with Gasteiger partial charge in [0.25, 0.3) is 0 Å². The van der Waals surface area contributed by atoms with Gasteiger partial charge in [0.2, 0.25) is 0 Å². The summed E-state index contributed by atoms with van der Waals surface area (Å²) in [5, 5.41) is 12.0. The smallest absolute Gasteiger partial charge is 0.181 e. The number of nitrogens with zero attached hydrogens (tertiary/aromatic N) is 6. The van der Waals surface area contributed by atoms with Gasteiger partial charge in [0.05, 0.1) is 17.8 Å². The maximum atomic E-state index is 5.99. The Hall–Kier alpha value is -2.48. The fourth-order valence-electron chi connectivity index (χ4n) is 4.24. The molecule has 0 spiro atoms. The number of nitrogens with one attached hydrogen (secondary N) is 1. The number of hydrogen-bond donors (Lipinski definition) is 1. The van der Waals surface area contributed by atoms with Crippen molar-refractivity contribution in [3.63, 3.8) is 0 Å². The molecular formula is C19H25N7O. The van der Waals surface area contributed by atoms with Crippen LogP contribution in [-0.2, 0) is 4.74 Å². The third kappa shape index (κ3) is 2.88. The highest BCUT2D eigenvalue weighted by atomic mass is 16.5. The molecule has 0 aliphatic carbocycles. The Morgan fingerprint density at radius 1 is 1.19 bits per heavy atom. The number of ether oxygens (including phenoxy) is 1. The first kappa shape index (κ1) is 16.7. The third-order valence-corrected chi connectivity index (χ3v) is 5.70. The minimum Gasteiger partial charge on any atom is -0.370 e. The number of aryl methyl sites for hydroxylation is 2. The van der Waals surface area contributed by atoms with E-state index in [1.165, 1.54) is 12.1 Å². The summed E-state index contributed by atoms with van der Waals surface area (Å²) < 4.78 is 7.89. The molecule has 5 rings (SSSR count). The maximum Gasteiger partial charge on any atom is 0.181 e. The highest BCUT2D eigenvalue weighted by Gasteiger charge is 2.36. The highest BCUT2D eigenvalue weighted by molar-refractivity contribution is 5.57. The molecule has 2 fully saturated rings. The van der Waals surface area contributed by atoms with E-state index in [1.807, 2.05) is 11.4 Å². The largest absolute Gasteiger partial charge is 0.370 e. The predicted molar refractivity (Wildman–Crippen MR) is 101 cm³/mol. The van der Waals surface area contributed by atoms with Gasteiger partial charge in [-0.1, -0.05) is 6.92 Å². The van der Waals surface area contributed by atoms with Crippen LogP contribution in [0.5, 0.6) is 0 Å². The average molecular weight is 367 g/mol. The van der Waals surface area contributed by atoms with Crippen LogP contribution in [0, 0.1) is 19.8 Å². The van der Waals surface area contributed by atoms with E-state index in [1.54, 1.807) is 0 Å². The number of anilines is 1. The molecule has 0 aromatic carbocycles. The average Bonchev–Trinajstić information content (AvgIpc) is 3.39. The lowest BCUT2D eigenvalue weighted by Gasteiger charge is -2.18. The zero-order chi connectivity index (χ0) is 18.5. The van der Waals surface area contributed by atoms with Crippen molar-refractivity contribution >= 4 is 11.3 Å². The Morgan fingerprint density at radius 3 is 2.81 bits per heavy atom. The topological polar surface area (TPSA) is 84.2 Å². The van der Waals surface area contributed by atoms with Crippen LogP contribution < -0.4 is 4.90 Å². The van der Waals surface area contributed by atoms with E-state index in [0.29, 0.717) is 6.61 Å². The normalized spacial score (nSPS) is 25.7. The van der Waals surface area contributed by atoms with Crippen LogP contribution in [0.3, 0.4) is 0 Å². The number of pyridine rings is 1. The van der Waals surface area contributed by atoms with E-state index in [2.05, 4.69) is 46.2 Å². The van der Waals surface area contributed by atoms with E-state index >= 15 is 0 Å². The van der Waals surface area contributed by atoms with Crippen LogP contribution >= 0.6 is 0 Å². The number of hydrogen-bond acceptors (Lipinski definition) is 6. The van der Waals surface area contributed by atoms with Crippen molar-refractivity contribution in [2.75, 3.05) is 24.6 Å². The van der Waals surface area contributed by atoms with Crippen LogP contribution in [0.15, 0.2) is 12.3 Å². The van der Waals surface area contributed by atoms with Crippen LogP contribution in [-0.4, -0.2) is 49.5 Å². The zero-order valence-corrected chi connectivity index (χ0v) is 16.0. The van der Waals surface area contributed by atoms with Gasteiger partial charge < -0.3 is 9.64 Å². The lowest BCUT2D eigenvalue weighted by molar-refractivity contribution is 0.0961. The standard InChI is InChI=1S/C19H25N7O/c1-11-4-6-25(9-11)14-8-12(2)19-21-18(24-26(19)10-14)16-15(5-7-27-16)17-20-13(3)22-23-17/h8,10-11,15-16H,4-7,9H2,1-3H3,(H,20,22,23). The second-order valence-corrected chi connectivity index (χ2v) is 7.92. The van der Waals surface area contributed by atoms with Gasteiger partial charge in [-0.25, -0.2) is 14.5 Å². The fourth-order valence-corrected chi connectivity index (χ4v) is 4.24. The van der Waals surface area contributed by atoms with Gasteiger partial charge in [-0.3, -0.25) is 5.10 Å². The lowest BCUT2D eigenvalue weighted by Crippen LogP contribution is -2.19. The molecule has 8 nitrogen and oxygen atoms in total. The van der Waals surface area contributed by atoms with Gasteiger partial charge in [-0.15, -0.1) is 5.10 Å². The minimum atomic E-state index is -0.199. The molecule has 2 saturated heterocycles. The van der Waals surface area contributed by atoms with Crippen molar-refractivity contribution < 1.29 is 4.74 Å². The highest BCUT2D eigenvalue weighted by Crippen LogP contribution is 2.39. The van der Waals surface area contributed by atoms with Gasteiger partial charge >= 0.3 is 0 Å². The quantitative estimate of drug-likeness (QED) is 0.766. The molecule has 2 aliphatic heterocycles. The van der Waals surface area contributed by atoms with Crippen LogP contribution in [0.1, 0.15) is 54.8 Å². The summed E-state index contributed by atoms with van der Waals surface area (Å²) in [5.41, 5.74) is 3.24. The van der Waals surface area contributed by atoms with Gasteiger partial charge in [0.15, 0.2) is 17.3 Å². The number of fused-ring (bicyclic) bond motifs is 1. The van der Waals surface area contributed by atoms with Crippen molar-refractivity contribution in [2.24, 2.45) is 5.92 Å². The molecule has 0 bridgehead atoms. The Balaban J connectivity index is 1.49. The number of rotatable bonds is 3. The molecular weight excluding hydrogens is 342 g/mol. The van der Waals surface area contributed by atoms with Gasteiger partial charge in [0.1, 0.15) is 11.9 Å². The molecule has 2 aliphatic rings. The first-order valence-corrected chi connectivity index (χ1v) is 9.71. The summed E-state index contributed by atoms with van der Waals surface area (Å²) in [6, 6.07) is 2.22. The number of aromatic amines is 1. The molecule has 0 saturated carbocycles. The second kappa shape index (κ2) is 6.30. The summed E-state index contributed by atoms with van der Waals surface area (Å²) in [7, 11) is 0. The summed E-state index contributed by atoms with van der Waals surface area (Å²) in [4.78, 5) is 11.7. The Labute approximate surface area is 158 Å². The maximum absolute atomic E-state index is 5.99. The number of H-pyrrole nitrogens is 1. The molecule has 0 amide bonds. The molecule has 0 radical (unpaired) electrons. The summed E-state index contributed by atoms with van der Waals surface area (Å²) >= 11 is 0. The summed E-state index contributed by atoms with van der Waals surface area (Å²) in [6.07, 6.45) is 4.02. The molecule has 3 unspecified atom stereocenters. The second-order valence-electron chi connectivity index (χ2n) is 7.92. The molecule has 3 aromatic rings. The van der Waals surface area contributed by atoms with Crippen molar-refractivity contribution in [1.29, 1.82) is 0 Å². The predicted octanol–water partition coefficient (Wildman–Crippen LogP) is 2.56. The fraction of sp³-hybridized carbons (Fsp3) is 0.579. The van der Waals surface area contributed by atoms with Crippen molar-refractivity contribution in [2.45, 2.75) is 45.6 Å². The van der Waals surface area contributed by atoms with Gasteiger partial charge in [-0.2, -0.15) is 5.10 Å². The molecule has 27 heavy (non-hydrogen) atoms.